The van der Waals surface area contributed by atoms with E-state index in [0.717, 1.165) is 24.8 Å². The number of amides is 1. The van der Waals surface area contributed by atoms with Crippen LogP contribution in [-0.4, -0.2) is 10.9 Å². The molecule has 1 amide bonds. The van der Waals surface area contributed by atoms with Crippen LogP contribution in [-0.2, 0) is 4.79 Å². The van der Waals surface area contributed by atoms with Crippen LogP contribution < -0.4 is 5.73 Å². The molecule has 0 bridgehead atoms. The lowest BCUT2D eigenvalue weighted by Gasteiger charge is -2.12. The molecule has 3 heteroatoms. The van der Waals surface area contributed by atoms with E-state index in [0.29, 0.717) is 0 Å². The van der Waals surface area contributed by atoms with Crippen LogP contribution in [0.25, 0.3) is 0 Å². The second kappa shape index (κ2) is 15.6. The van der Waals surface area contributed by atoms with Gasteiger partial charge in [-0.1, -0.05) is 76.5 Å². The van der Waals surface area contributed by atoms with Gasteiger partial charge in [0.25, 0.3) is 0 Å². The van der Waals surface area contributed by atoms with Gasteiger partial charge in [-0.05, 0) is 43.7 Å². The van der Waals surface area contributed by atoms with Crippen molar-refractivity contribution >= 4 is 5.91 Å². The molecule has 146 valence electrons. The van der Waals surface area contributed by atoms with Crippen molar-refractivity contribution in [2.75, 3.05) is 0 Å². The Morgan fingerprint density at radius 3 is 2.19 bits per heavy atom. The predicted octanol–water partition coefficient (Wildman–Crippen LogP) is 6.30. The van der Waals surface area contributed by atoms with E-state index in [9.17, 15) is 4.79 Å². The lowest BCUT2D eigenvalue weighted by molar-refractivity contribution is -0.119. The van der Waals surface area contributed by atoms with Crippen molar-refractivity contribution in [2.24, 2.45) is 5.73 Å². The molecule has 0 aliphatic heterocycles. The zero-order valence-electron chi connectivity index (χ0n) is 16.7. The summed E-state index contributed by atoms with van der Waals surface area (Å²) in [4.78, 5) is 15.7. The van der Waals surface area contributed by atoms with Crippen molar-refractivity contribution in [3.8, 4) is 0 Å². The summed E-state index contributed by atoms with van der Waals surface area (Å²) in [6.45, 7) is 2.26. The SMILES string of the molecule is CCCCCCCCC=CCCCCCCC(C(N)=O)c1cccnc1. The van der Waals surface area contributed by atoms with Gasteiger partial charge in [0.1, 0.15) is 0 Å². The molecule has 0 saturated carbocycles. The summed E-state index contributed by atoms with van der Waals surface area (Å²) in [6.07, 6.45) is 24.3. The number of hydrogen-bond donors (Lipinski definition) is 1. The van der Waals surface area contributed by atoms with Gasteiger partial charge in [-0.3, -0.25) is 9.78 Å². The molecule has 0 aliphatic carbocycles. The number of nitrogens with two attached hydrogens (primary N) is 1. The van der Waals surface area contributed by atoms with Gasteiger partial charge in [0.15, 0.2) is 0 Å². The van der Waals surface area contributed by atoms with Crippen LogP contribution in [0.15, 0.2) is 36.7 Å². The van der Waals surface area contributed by atoms with Gasteiger partial charge in [0, 0.05) is 12.4 Å². The van der Waals surface area contributed by atoms with Crippen LogP contribution in [0.4, 0.5) is 0 Å². The standard InChI is InChI=1S/C23H38N2O/c1-2-3-4-5-6-7-8-9-10-11-12-13-14-15-18-22(23(24)26)21-17-16-19-25-20-21/h9-10,16-17,19-20,22H,2-8,11-15,18H2,1H3,(H2,24,26). The van der Waals surface area contributed by atoms with Gasteiger partial charge in [0.05, 0.1) is 5.92 Å². The Labute approximate surface area is 160 Å². The molecule has 1 atom stereocenters. The quantitative estimate of drug-likeness (QED) is 0.278. The molecule has 0 radical (unpaired) electrons. The highest BCUT2D eigenvalue weighted by Gasteiger charge is 2.17. The Hall–Kier alpha value is -1.64. The van der Waals surface area contributed by atoms with E-state index in [4.69, 9.17) is 5.73 Å². The van der Waals surface area contributed by atoms with E-state index in [1.807, 2.05) is 12.1 Å². The van der Waals surface area contributed by atoms with E-state index >= 15 is 0 Å². The first-order chi connectivity index (χ1) is 12.8. The van der Waals surface area contributed by atoms with Gasteiger partial charge in [-0.15, -0.1) is 0 Å². The van der Waals surface area contributed by atoms with Crippen molar-refractivity contribution in [1.29, 1.82) is 0 Å². The number of aromatic nitrogens is 1. The van der Waals surface area contributed by atoms with Gasteiger partial charge in [0.2, 0.25) is 5.91 Å². The number of primary amides is 1. The minimum absolute atomic E-state index is 0.194. The van der Waals surface area contributed by atoms with E-state index < -0.39 is 0 Å². The molecule has 1 heterocycles. The third-order valence-corrected chi connectivity index (χ3v) is 4.93. The maximum atomic E-state index is 11.7. The first-order valence-electron chi connectivity index (χ1n) is 10.6. The van der Waals surface area contributed by atoms with Crippen LogP contribution >= 0.6 is 0 Å². The summed E-state index contributed by atoms with van der Waals surface area (Å²) in [5, 5.41) is 0. The number of nitrogens with zero attached hydrogens (tertiary/aromatic N) is 1. The summed E-state index contributed by atoms with van der Waals surface area (Å²) in [5.74, 6) is -0.434. The van der Waals surface area contributed by atoms with Crippen molar-refractivity contribution < 1.29 is 4.79 Å². The van der Waals surface area contributed by atoms with E-state index in [-0.39, 0.29) is 11.8 Å². The highest BCUT2D eigenvalue weighted by atomic mass is 16.1. The summed E-state index contributed by atoms with van der Waals surface area (Å²) in [5.41, 5.74) is 6.49. The third kappa shape index (κ3) is 11.1. The molecule has 0 fully saturated rings. The van der Waals surface area contributed by atoms with Gasteiger partial charge in [-0.25, -0.2) is 0 Å². The zero-order chi connectivity index (χ0) is 18.9. The average molecular weight is 359 g/mol. The molecule has 26 heavy (non-hydrogen) atoms. The van der Waals surface area contributed by atoms with Crippen LogP contribution in [0, 0.1) is 0 Å². The van der Waals surface area contributed by atoms with E-state index in [1.165, 1.54) is 64.2 Å². The Balaban J connectivity index is 2.00. The summed E-state index contributed by atoms with van der Waals surface area (Å²) >= 11 is 0. The van der Waals surface area contributed by atoms with E-state index in [2.05, 4.69) is 24.1 Å². The molecule has 3 nitrogen and oxygen atoms in total. The largest absolute Gasteiger partial charge is 0.369 e. The lowest BCUT2D eigenvalue weighted by atomic mass is 9.93. The molecule has 1 unspecified atom stereocenters. The number of carbonyl (C=O) groups is 1. The second-order valence-corrected chi connectivity index (χ2v) is 7.26. The van der Waals surface area contributed by atoms with Gasteiger partial charge in [-0.2, -0.15) is 0 Å². The molecule has 1 aromatic heterocycles. The van der Waals surface area contributed by atoms with Gasteiger partial charge >= 0.3 is 0 Å². The topological polar surface area (TPSA) is 56.0 Å². The normalized spacial score (nSPS) is 12.5. The fraction of sp³-hybridized carbons (Fsp3) is 0.652. The number of allylic oxidation sites excluding steroid dienone is 2. The Morgan fingerprint density at radius 1 is 1.00 bits per heavy atom. The highest BCUT2D eigenvalue weighted by Crippen LogP contribution is 2.21. The monoisotopic (exact) mass is 358 g/mol. The molecule has 0 aliphatic rings. The van der Waals surface area contributed by atoms with Crippen LogP contribution in [0.5, 0.6) is 0 Å². The fourth-order valence-corrected chi connectivity index (χ4v) is 3.30. The number of rotatable bonds is 16. The summed E-state index contributed by atoms with van der Waals surface area (Å²) < 4.78 is 0. The number of hydrogen-bond acceptors (Lipinski definition) is 2. The maximum absolute atomic E-state index is 11.7. The first kappa shape index (κ1) is 22.4. The average Bonchev–Trinajstić information content (AvgIpc) is 2.65. The van der Waals surface area contributed by atoms with E-state index in [1.54, 1.807) is 12.4 Å². The smallest absolute Gasteiger partial charge is 0.225 e. The van der Waals surface area contributed by atoms with Crippen LogP contribution in [0.2, 0.25) is 0 Å². The van der Waals surface area contributed by atoms with Crippen LogP contribution in [0.1, 0.15) is 102 Å². The molecular formula is C23H38N2O. The van der Waals surface area contributed by atoms with Crippen molar-refractivity contribution in [2.45, 2.75) is 96.3 Å². The third-order valence-electron chi connectivity index (χ3n) is 4.93. The molecular weight excluding hydrogens is 320 g/mol. The minimum atomic E-state index is -0.240. The van der Waals surface area contributed by atoms with Crippen molar-refractivity contribution in [3.05, 3.63) is 42.2 Å². The minimum Gasteiger partial charge on any atom is -0.369 e. The van der Waals surface area contributed by atoms with Crippen LogP contribution in [0.3, 0.4) is 0 Å². The number of carbonyl (C=O) groups excluding carboxylic acids is 1. The van der Waals surface area contributed by atoms with Crippen molar-refractivity contribution in [3.63, 3.8) is 0 Å². The predicted molar refractivity (Wildman–Crippen MR) is 111 cm³/mol. The lowest BCUT2D eigenvalue weighted by Crippen LogP contribution is -2.21. The molecule has 0 aromatic carbocycles. The molecule has 0 saturated heterocycles. The summed E-state index contributed by atoms with van der Waals surface area (Å²) in [7, 11) is 0. The molecule has 0 spiro atoms. The molecule has 2 N–H and O–H groups in total. The second-order valence-electron chi connectivity index (χ2n) is 7.26. The maximum Gasteiger partial charge on any atom is 0.225 e. The van der Waals surface area contributed by atoms with Crippen molar-refractivity contribution in [1.82, 2.24) is 4.98 Å². The molecule has 1 aromatic rings. The highest BCUT2D eigenvalue weighted by molar-refractivity contribution is 5.81. The fourth-order valence-electron chi connectivity index (χ4n) is 3.30. The zero-order valence-corrected chi connectivity index (χ0v) is 16.7. The first-order valence-corrected chi connectivity index (χ1v) is 10.6. The van der Waals surface area contributed by atoms with Gasteiger partial charge < -0.3 is 5.73 Å². The number of pyridine rings is 1. The Bertz CT molecular complexity index is 484. The Morgan fingerprint density at radius 2 is 1.62 bits per heavy atom. The summed E-state index contributed by atoms with van der Waals surface area (Å²) in [6, 6.07) is 3.81. The Kier molecular flexibility index (Phi) is 13.4. The number of unbranched alkanes of at least 4 members (excludes halogenated alkanes) is 10. The molecule has 1 rings (SSSR count).